The monoisotopic (exact) mass is 493 g/mol. The third-order valence-corrected chi connectivity index (χ3v) is 7.00. The van der Waals surface area contributed by atoms with Crippen molar-refractivity contribution in [3.05, 3.63) is 52.3 Å². The summed E-state index contributed by atoms with van der Waals surface area (Å²) in [5.41, 5.74) is 0.435. The molecule has 3 fully saturated rings. The molecule has 2 bridgehead atoms. The van der Waals surface area contributed by atoms with Gasteiger partial charge >= 0.3 is 0 Å². The number of hydrogen-bond acceptors (Lipinski definition) is 5. The fourth-order valence-electron chi connectivity index (χ4n) is 4.90. The van der Waals surface area contributed by atoms with Gasteiger partial charge in [-0.15, -0.1) is 0 Å². The minimum atomic E-state index is -0.645. The summed E-state index contributed by atoms with van der Waals surface area (Å²) in [5.74, 6) is 0.0493. The maximum absolute atomic E-state index is 13.5. The molecule has 7 nitrogen and oxygen atoms in total. The Bertz CT molecular complexity index is 1110. The highest BCUT2D eigenvalue weighted by atomic mass is 35.5. The van der Waals surface area contributed by atoms with Crippen molar-refractivity contribution in [2.75, 3.05) is 18.5 Å². The molecule has 6 rings (SSSR count). The molecule has 1 heterocycles. The van der Waals surface area contributed by atoms with Gasteiger partial charge in [0.05, 0.1) is 17.3 Å². The normalized spacial score (nSPS) is 26.8. The van der Waals surface area contributed by atoms with Crippen molar-refractivity contribution in [3.63, 3.8) is 0 Å². The van der Waals surface area contributed by atoms with E-state index in [9.17, 15) is 14.0 Å². The molecule has 1 aliphatic heterocycles. The number of carbonyl (C=O) groups excluding carboxylic acids is 2. The van der Waals surface area contributed by atoms with Crippen molar-refractivity contribution >= 4 is 40.7 Å². The minimum absolute atomic E-state index is 0.00658. The smallest absolute Gasteiger partial charge is 0.263 e. The highest BCUT2D eigenvalue weighted by Gasteiger charge is 2.57. The van der Waals surface area contributed by atoms with Crippen molar-refractivity contribution in [3.8, 4) is 11.5 Å². The fraction of sp³-hybridized carbons (Fsp3) is 0.391. The molecule has 0 saturated heterocycles. The lowest BCUT2D eigenvalue weighted by molar-refractivity contribution is -0.130. The second kappa shape index (κ2) is 8.57. The van der Waals surface area contributed by atoms with Crippen LogP contribution < -0.4 is 25.4 Å². The zero-order valence-electron chi connectivity index (χ0n) is 17.5. The second-order valence-electron chi connectivity index (χ2n) is 8.81. The number of carbonyl (C=O) groups is 2. The van der Waals surface area contributed by atoms with Crippen molar-refractivity contribution in [1.29, 1.82) is 0 Å². The van der Waals surface area contributed by atoms with Crippen LogP contribution in [0.15, 0.2) is 36.4 Å². The van der Waals surface area contributed by atoms with Gasteiger partial charge in [-0.25, -0.2) is 4.39 Å². The minimum Gasteiger partial charge on any atom is -0.484 e. The Morgan fingerprint density at radius 3 is 2.79 bits per heavy atom. The molecular weight excluding hydrogens is 472 g/mol. The van der Waals surface area contributed by atoms with Gasteiger partial charge in [0, 0.05) is 22.7 Å². The predicted octanol–water partition coefficient (Wildman–Crippen LogP) is 3.54. The number of nitrogens with one attached hydrogen (secondary N) is 3. The lowest BCUT2D eigenvalue weighted by Gasteiger charge is -2.40. The number of benzene rings is 2. The summed E-state index contributed by atoms with van der Waals surface area (Å²) in [5, 5.41) is 9.88. The van der Waals surface area contributed by atoms with Gasteiger partial charge in [-0.3, -0.25) is 9.59 Å². The Kier molecular flexibility index (Phi) is 5.74. The first-order chi connectivity index (χ1) is 15.8. The molecule has 2 amide bonds. The van der Waals surface area contributed by atoms with Crippen molar-refractivity contribution in [1.82, 2.24) is 10.6 Å². The van der Waals surface area contributed by atoms with Crippen LogP contribution in [-0.2, 0) is 9.59 Å². The van der Waals surface area contributed by atoms with Gasteiger partial charge < -0.3 is 25.4 Å². The molecule has 2 aromatic rings. The molecule has 2 unspecified atom stereocenters. The molecule has 4 aliphatic rings. The van der Waals surface area contributed by atoms with E-state index in [0.29, 0.717) is 29.7 Å². The first kappa shape index (κ1) is 22.1. The zero-order chi connectivity index (χ0) is 23.2. The van der Waals surface area contributed by atoms with Crippen LogP contribution in [0.3, 0.4) is 0 Å². The Hall–Kier alpha value is -2.71. The molecule has 0 aromatic heterocycles. The third kappa shape index (κ3) is 4.54. The van der Waals surface area contributed by atoms with E-state index in [-0.39, 0.29) is 40.8 Å². The van der Waals surface area contributed by atoms with Gasteiger partial charge in [-0.2, -0.15) is 0 Å². The first-order valence-corrected chi connectivity index (χ1v) is 11.5. The average Bonchev–Trinajstić information content (AvgIpc) is 3.27. The van der Waals surface area contributed by atoms with Gasteiger partial charge in [0.1, 0.15) is 17.3 Å². The van der Waals surface area contributed by atoms with Gasteiger partial charge in [0.25, 0.3) is 11.8 Å². The maximum Gasteiger partial charge on any atom is 0.263 e. The molecule has 3 N–H and O–H groups in total. The van der Waals surface area contributed by atoms with Crippen molar-refractivity contribution in [2.45, 2.75) is 36.9 Å². The molecule has 0 radical (unpaired) electrons. The van der Waals surface area contributed by atoms with E-state index in [0.717, 1.165) is 24.6 Å². The molecule has 0 spiro atoms. The van der Waals surface area contributed by atoms with Crippen LogP contribution in [0, 0.1) is 11.7 Å². The predicted molar refractivity (Wildman–Crippen MR) is 121 cm³/mol. The number of halogens is 3. The molecular formula is C23H22Cl2FN3O4. The van der Waals surface area contributed by atoms with Crippen LogP contribution in [0.25, 0.3) is 0 Å². The van der Waals surface area contributed by atoms with Crippen LogP contribution in [0.4, 0.5) is 10.1 Å². The summed E-state index contributed by atoms with van der Waals surface area (Å²) in [6.07, 6.45) is 1.62. The number of fused-ring (bicyclic) bond motifs is 2. The quantitative estimate of drug-likeness (QED) is 0.572. The highest BCUT2D eigenvalue weighted by molar-refractivity contribution is 6.31. The van der Waals surface area contributed by atoms with Gasteiger partial charge in [-0.1, -0.05) is 23.2 Å². The number of anilines is 1. The molecule has 3 saturated carbocycles. The molecule has 3 aliphatic carbocycles. The van der Waals surface area contributed by atoms with Crippen molar-refractivity contribution < 1.29 is 23.5 Å². The van der Waals surface area contributed by atoms with Crippen LogP contribution in [0.5, 0.6) is 11.5 Å². The van der Waals surface area contributed by atoms with E-state index >= 15 is 0 Å². The third-order valence-electron chi connectivity index (χ3n) is 6.46. The summed E-state index contributed by atoms with van der Waals surface area (Å²) in [4.78, 5) is 25.2. The largest absolute Gasteiger partial charge is 0.484 e. The summed E-state index contributed by atoms with van der Waals surface area (Å²) in [6.45, 7) is 0.121. The molecule has 174 valence electrons. The van der Waals surface area contributed by atoms with E-state index in [1.807, 2.05) is 0 Å². The van der Waals surface area contributed by atoms with Gasteiger partial charge in [-0.05, 0) is 55.5 Å². The summed E-state index contributed by atoms with van der Waals surface area (Å²) >= 11 is 11.6. The van der Waals surface area contributed by atoms with E-state index in [2.05, 4.69) is 16.0 Å². The number of hydrogen-bond donors (Lipinski definition) is 3. The zero-order valence-corrected chi connectivity index (χ0v) is 19.0. The summed E-state index contributed by atoms with van der Waals surface area (Å²) < 4.78 is 24.7. The number of rotatable bonds is 6. The molecule has 2 atom stereocenters. The number of amides is 2. The SMILES string of the molecule is O=C(COc1ccc(Cl)c(F)c1)NC1CC2(NC(=O)C3CNc4cc(Cl)ccc4O3)CC1C2. The Morgan fingerprint density at radius 2 is 2.00 bits per heavy atom. The fourth-order valence-corrected chi connectivity index (χ4v) is 5.19. The van der Waals surface area contributed by atoms with Crippen molar-refractivity contribution in [2.24, 2.45) is 5.92 Å². The van der Waals surface area contributed by atoms with Crippen LogP contribution in [0.2, 0.25) is 10.0 Å². The van der Waals surface area contributed by atoms with Gasteiger partial charge in [0.2, 0.25) is 0 Å². The van der Waals surface area contributed by atoms with Crippen LogP contribution in [-0.4, -0.2) is 42.7 Å². The van der Waals surface area contributed by atoms with E-state index in [1.165, 1.54) is 12.1 Å². The van der Waals surface area contributed by atoms with Crippen LogP contribution >= 0.6 is 23.2 Å². The lowest BCUT2D eigenvalue weighted by Crippen LogP contribution is -2.57. The number of ether oxygens (including phenoxy) is 2. The summed E-state index contributed by atoms with van der Waals surface area (Å²) in [6, 6.07) is 9.20. The highest BCUT2D eigenvalue weighted by Crippen LogP contribution is 2.52. The Balaban J connectivity index is 1.11. The van der Waals surface area contributed by atoms with E-state index in [1.54, 1.807) is 18.2 Å². The maximum atomic E-state index is 13.5. The van der Waals surface area contributed by atoms with Gasteiger partial charge in [0.15, 0.2) is 12.7 Å². The Morgan fingerprint density at radius 1 is 1.18 bits per heavy atom. The second-order valence-corrected chi connectivity index (χ2v) is 9.65. The Labute approximate surface area is 199 Å². The standard InChI is InChI=1S/C23H22Cl2FN3O4/c24-13-1-4-19-17(5-13)27-10-20(33-19)22(31)29-23-7-12(8-23)18(9-23)28-21(30)11-32-14-2-3-15(25)16(26)6-14/h1-6,12,18,20,27H,7-11H2,(H,28,30)(H,29,31). The lowest BCUT2D eigenvalue weighted by atomic mass is 9.76. The molecule has 10 heteroatoms. The van der Waals surface area contributed by atoms with E-state index in [4.69, 9.17) is 32.7 Å². The first-order valence-electron chi connectivity index (χ1n) is 10.7. The average molecular weight is 494 g/mol. The van der Waals surface area contributed by atoms with E-state index < -0.39 is 11.9 Å². The van der Waals surface area contributed by atoms with Crippen LogP contribution in [0.1, 0.15) is 19.3 Å². The summed E-state index contributed by atoms with van der Waals surface area (Å²) in [7, 11) is 0. The molecule has 2 aromatic carbocycles. The molecule has 33 heavy (non-hydrogen) atoms. The topological polar surface area (TPSA) is 88.7 Å².